The molecule has 3 rings (SSSR count). The number of nitrogens with zero attached hydrogens (tertiary/aromatic N) is 1. The van der Waals surface area contributed by atoms with Gasteiger partial charge in [-0.05, 0) is 11.1 Å². The first-order chi connectivity index (χ1) is 12.3. The van der Waals surface area contributed by atoms with Crippen molar-refractivity contribution in [3.05, 3.63) is 71.8 Å². The van der Waals surface area contributed by atoms with Gasteiger partial charge in [-0.3, -0.25) is 9.69 Å². The van der Waals surface area contributed by atoms with Gasteiger partial charge < -0.3 is 5.32 Å². The molecule has 2 aromatic carbocycles. The molecule has 7 heteroatoms. The average molecular weight is 372 g/mol. The molecule has 0 bridgehead atoms. The van der Waals surface area contributed by atoms with Crippen molar-refractivity contribution in [2.24, 2.45) is 0 Å². The van der Waals surface area contributed by atoms with Crippen molar-refractivity contribution >= 4 is 21.8 Å². The predicted molar refractivity (Wildman–Crippen MR) is 98.2 cm³/mol. The van der Waals surface area contributed by atoms with Gasteiger partial charge in [-0.25, -0.2) is 13.2 Å². The SMILES string of the molecule is CS(=O)(=O)CCN1C(=O)NC(Cc2ccccc2)(c2ccccc2)C1=O. The molecule has 1 saturated heterocycles. The summed E-state index contributed by atoms with van der Waals surface area (Å²) in [5.41, 5.74) is 0.330. The second kappa shape index (κ2) is 6.92. The van der Waals surface area contributed by atoms with E-state index in [1.807, 2.05) is 36.4 Å². The average Bonchev–Trinajstić information content (AvgIpc) is 2.85. The number of sulfone groups is 1. The summed E-state index contributed by atoms with van der Waals surface area (Å²) < 4.78 is 22.9. The summed E-state index contributed by atoms with van der Waals surface area (Å²) in [5.74, 6) is -0.691. The number of amides is 3. The zero-order valence-electron chi connectivity index (χ0n) is 14.4. The fourth-order valence-electron chi connectivity index (χ4n) is 3.13. The molecule has 0 saturated carbocycles. The molecule has 1 heterocycles. The van der Waals surface area contributed by atoms with Crippen molar-refractivity contribution in [3.63, 3.8) is 0 Å². The molecule has 1 atom stereocenters. The van der Waals surface area contributed by atoms with Gasteiger partial charge in [0.05, 0.1) is 5.75 Å². The van der Waals surface area contributed by atoms with Gasteiger partial charge in [-0.15, -0.1) is 0 Å². The van der Waals surface area contributed by atoms with Crippen molar-refractivity contribution in [3.8, 4) is 0 Å². The van der Waals surface area contributed by atoms with Crippen LogP contribution in [0.15, 0.2) is 60.7 Å². The number of benzene rings is 2. The smallest absolute Gasteiger partial charge is 0.319 e. The third kappa shape index (κ3) is 3.62. The van der Waals surface area contributed by atoms with Crippen LogP contribution in [0, 0.1) is 0 Å². The Labute approximate surface area is 152 Å². The fraction of sp³-hybridized carbons (Fsp3) is 0.263. The zero-order chi connectivity index (χ0) is 18.8. The second-order valence-corrected chi connectivity index (χ2v) is 8.71. The van der Waals surface area contributed by atoms with Gasteiger partial charge in [0.25, 0.3) is 5.91 Å². The zero-order valence-corrected chi connectivity index (χ0v) is 15.2. The Morgan fingerprint density at radius 3 is 2.12 bits per heavy atom. The maximum Gasteiger partial charge on any atom is 0.325 e. The normalized spacial score (nSPS) is 20.3. The summed E-state index contributed by atoms with van der Waals surface area (Å²) in [7, 11) is -3.29. The lowest BCUT2D eigenvalue weighted by Gasteiger charge is -2.27. The highest BCUT2D eigenvalue weighted by Gasteiger charge is 2.52. The Morgan fingerprint density at radius 1 is 0.962 bits per heavy atom. The van der Waals surface area contributed by atoms with E-state index in [4.69, 9.17) is 0 Å². The van der Waals surface area contributed by atoms with Crippen LogP contribution in [-0.2, 0) is 26.6 Å². The third-order valence-electron chi connectivity index (χ3n) is 4.44. The molecule has 0 radical (unpaired) electrons. The van der Waals surface area contributed by atoms with Gasteiger partial charge in [0.1, 0.15) is 9.84 Å². The maximum absolute atomic E-state index is 13.2. The molecule has 0 spiro atoms. The van der Waals surface area contributed by atoms with Gasteiger partial charge >= 0.3 is 6.03 Å². The number of imide groups is 1. The first-order valence-corrected chi connectivity index (χ1v) is 10.3. The quantitative estimate of drug-likeness (QED) is 0.783. The number of carbonyl (C=O) groups is 2. The van der Waals surface area contributed by atoms with Crippen LogP contribution in [0.4, 0.5) is 4.79 Å². The van der Waals surface area contributed by atoms with Crippen molar-refractivity contribution in [1.29, 1.82) is 0 Å². The van der Waals surface area contributed by atoms with E-state index in [9.17, 15) is 18.0 Å². The largest absolute Gasteiger partial charge is 0.325 e. The van der Waals surface area contributed by atoms with Crippen LogP contribution in [0.2, 0.25) is 0 Å². The Bertz CT molecular complexity index is 913. The highest BCUT2D eigenvalue weighted by Crippen LogP contribution is 2.32. The summed E-state index contributed by atoms with van der Waals surface area (Å²) in [4.78, 5) is 26.7. The number of hydrogen-bond acceptors (Lipinski definition) is 4. The van der Waals surface area contributed by atoms with Crippen LogP contribution in [0.5, 0.6) is 0 Å². The van der Waals surface area contributed by atoms with Crippen molar-refractivity contribution in [2.45, 2.75) is 12.0 Å². The van der Waals surface area contributed by atoms with Crippen molar-refractivity contribution in [2.75, 3.05) is 18.6 Å². The summed E-state index contributed by atoms with van der Waals surface area (Å²) in [6.07, 6.45) is 1.37. The summed E-state index contributed by atoms with van der Waals surface area (Å²) in [6, 6.07) is 17.9. The van der Waals surface area contributed by atoms with E-state index in [-0.39, 0.29) is 18.7 Å². The molecule has 6 nitrogen and oxygen atoms in total. The van der Waals surface area contributed by atoms with E-state index in [2.05, 4.69) is 5.32 Å². The molecule has 2 aromatic rings. The molecule has 1 unspecified atom stereocenters. The topological polar surface area (TPSA) is 83.6 Å². The van der Waals surface area contributed by atoms with Gasteiger partial charge in [-0.2, -0.15) is 0 Å². The van der Waals surface area contributed by atoms with Gasteiger partial charge in [0.15, 0.2) is 5.54 Å². The molecule has 0 aromatic heterocycles. The lowest BCUT2D eigenvalue weighted by molar-refractivity contribution is -0.131. The Hall–Kier alpha value is -2.67. The van der Waals surface area contributed by atoms with E-state index in [1.54, 1.807) is 24.3 Å². The van der Waals surface area contributed by atoms with Gasteiger partial charge in [0.2, 0.25) is 0 Å². The molecule has 0 aliphatic carbocycles. The van der Waals surface area contributed by atoms with Crippen molar-refractivity contribution in [1.82, 2.24) is 10.2 Å². The van der Waals surface area contributed by atoms with Gasteiger partial charge in [0, 0.05) is 19.2 Å². The minimum atomic E-state index is -3.29. The minimum absolute atomic E-state index is 0.160. The van der Waals surface area contributed by atoms with Crippen LogP contribution in [-0.4, -0.2) is 43.8 Å². The number of nitrogens with one attached hydrogen (secondary N) is 1. The molecule has 26 heavy (non-hydrogen) atoms. The summed E-state index contributed by atoms with van der Waals surface area (Å²) in [5, 5.41) is 2.81. The standard InChI is InChI=1S/C19H20N2O4S/c1-26(24,25)13-12-21-17(22)19(20-18(21)23,16-10-6-3-7-11-16)14-15-8-4-2-5-9-15/h2-11H,12-14H2,1H3,(H,20,23). The molecule has 136 valence electrons. The van der Waals surface area contributed by atoms with Crippen LogP contribution in [0.3, 0.4) is 0 Å². The van der Waals surface area contributed by atoms with Crippen LogP contribution in [0.1, 0.15) is 11.1 Å². The highest BCUT2D eigenvalue weighted by atomic mass is 32.2. The molecular formula is C19H20N2O4S. The number of urea groups is 1. The minimum Gasteiger partial charge on any atom is -0.319 e. The predicted octanol–water partition coefficient (Wildman–Crippen LogP) is 1.72. The van der Waals surface area contributed by atoms with E-state index < -0.39 is 27.3 Å². The number of hydrogen-bond donors (Lipinski definition) is 1. The van der Waals surface area contributed by atoms with E-state index in [0.29, 0.717) is 5.56 Å². The Balaban J connectivity index is 1.99. The lowest BCUT2D eigenvalue weighted by Crippen LogP contribution is -2.46. The van der Waals surface area contributed by atoms with Crippen LogP contribution < -0.4 is 5.32 Å². The van der Waals surface area contributed by atoms with Crippen LogP contribution in [0.25, 0.3) is 0 Å². The van der Waals surface area contributed by atoms with E-state index >= 15 is 0 Å². The molecule has 1 fully saturated rings. The molecule has 1 aliphatic heterocycles. The number of carbonyl (C=O) groups excluding carboxylic acids is 2. The molecule has 3 amide bonds. The Kier molecular flexibility index (Phi) is 4.82. The molecule has 1 aliphatic rings. The lowest BCUT2D eigenvalue weighted by atomic mass is 9.83. The second-order valence-electron chi connectivity index (χ2n) is 6.45. The van der Waals surface area contributed by atoms with Crippen molar-refractivity contribution < 1.29 is 18.0 Å². The first kappa shape index (κ1) is 18.1. The van der Waals surface area contributed by atoms with Gasteiger partial charge in [-0.1, -0.05) is 60.7 Å². The monoisotopic (exact) mass is 372 g/mol. The molecule has 1 N–H and O–H groups in total. The van der Waals surface area contributed by atoms with Crippen LogP contribution >= 0.6 is 0 Å². The van der Waals surface area contributed by atoms with E-state index in [0.717, 1.165) is 16.7 Å². The fourth-order valence-corrected chi connectivity index (χ4v) is 3.64. The maximum atomic E-state index is 13.2. The third-order valence-corrected chi connectivity index (χ3v) is 5.36. The van der Waals surface area contributed by atoms with E-state index in [1.165, 1.54) is 0 Å². The summed E-state index contributed by atoms with van der Waals surface area (Å²) in [6.45, 7) is -0.160. The first-order valence-electron chi connectivity index (χ1n) is 8.23. The molecular weight excluding hydrogens is 352 g/mol. The number of rotatable bonds is 6. The Morgan fingerprint density at radius 2 is 1.54 bits per heavy atom. The summed E-state index contributed by atoms with van der Waals surface area (Å²) >= 11 is 0. The highest BCUT2D eigenvalue weighted by molar-refractivity contribution is 7.90.